The van der Waals surface area contributed by atoms with Crippen LogP contribution in [0.2, 0.25) is 0 Å². The maximum Gasteiger partial charge on any atom is 0.407 e. The van der Waals surface area contributed by atoms with Gasteiger partial charge in [0.05, 0.1) is 0 Å². The van der Waals surface area contributed by atoms with Crippen LogP contribution >= 0.6 is 12.4 Å². The number of rotatable bonds is 1. The molecule has 0 bridgehead atoms. The molecule has 0 aliphatic carbocycles. The summed E-state index contributed by atoms with van der Waals surface area (Å²) >= 11 is 0. The lowest BCUT2D eigenvalue weighted by atomic mass is 9.98. The van der Waals surface area contributed by atoms with E-state index < -0.39 is 5.60 Å². The average molecular weight is 366 g/mol. The standard InChI is InChI=1S/C19H27N3O2.ClH/c1-19(2,3)24-18(23)21-15-9-12-22(13-10-15)17-16-7-5-4-6-14(16)8-11-20-17;/h4-7,15H,8-13H2,1-3H3,(H,21,23);1H. The molecular formula is C19H28ClN3O2. The lowest BCUT2D eigenvalue weighted by Gasteiger charge is -2.36. The molecule has 0 spiro atoms. The van der Waals surface area contributed by atoms with Crippen LogP contribution in [-0.4, -0.2) is 48.1 Å². The van der Waals surface area contributed by atoms with Gasteiger partial charge < -0.3 is 15.0 Å². The molecule has 1 N–H and O–H groups in total. The highest BCUT2D eigenvalue weighted by Gasteiger charge is 2.27. The number of hydrogen-bond acceptors (Lipinski definition) is 4. The average Bonchev–Trinajstić information content (AvgIpc) is 2.53. The number of carbonyl (C=O) groups excluding carboxylic acids is 1. The molecule has 2 aliphatic heterocycles. The summed E-state index contributed by atoms with van der Waals surface area (Å²) in [5, 5.41) is 2.99. The van der Waals surface area contributed by atoms with E-state index >= 15 is 0 Å². The highest BCUT2D eigenvalue weighted by molar-refractivity contribution is 6.00. The van der Waals surface area contributed by atoms with E-state index in [9.17, 15) is 4.79 Å². The summed E-state index contributed by atoms with van der Waals surface area (Å²) in [6, 6.07) is 8.71. The van der Waals surface area contributed by atoms with Gasteiger partial charge in [0.1, 0.15) is 11.4 Å². The van der Waals surface area contributed by atoms with E-state index in [0.29, 0.717) is 0 Å². The maximum atomic E-state index is 11.9. The fourth-order valence-electron chi connectivity index (χ4n) is 3.30. The number of amidine groups is 1. The molecule has 1 saturated heterocycles. The van der Waals surface area contributed by atoms with E-state index in [1.54, 1.807) is 0 Å². The number of aliphatic imine (C=N–C) groups is 1. The minimum absolute atomic E-state index is 0. The number of fused-ring (bicyclic) bond motifs is 1. The van der Waals surface area contributed by atoms with Gasteiger partial charge in [0.15, 0.2) is 0 Å². The third kappa shape index (κ3) is 5.11. The molecule has 0 saturated carbocycles. The first-order valence-corrected chi connectivity index (χ1v) is 8.79. The third-order valence-electron chi connectivity index (χ3n) is 4.42. The van der Waals surface area contributed by atoms with Gasteiger partial charge in [0.25, 0.3) is 0 Å². The van der Waals surface area contributed by atoms with Gasteiger partial charge >= 0.3 is 6.09 Å². The van der Waals surface area contributed by atoms with Crippen LogP contribution in [0.15, 0.2) is 29.3 Å². The van der Waals surface area contributed by atoms with Crippen molar-refractivity contribution < 1.29 is 9.53 Å². The molecule has 1 aromatic carbocycles. The van der Waals surface area contributed by atoms with Crippen LogP contribution in [0.25, 0.3) is 0 Å². The van der Waals surface area contributed by atoms with Gasteiger partial charge in [-0.05, 0) is 45.6 Å². The second kappa shape index (κ2) is 8.09. The molecule has 25 heavy (non-hydrogen) atoms. The van der Waals surface area contributed by atoms with Crippen LogP contribution in [0, 0.1) is 0 Å². The number of benzene rings is 1. The fraction of sp³-hybridized carbons (Fsp3) is 0.579. The Morgan fingerprint density at radius 1 is 1.24 bits per heavy atom. The lowest BCUT2D eigenvalue weighted by molar-refractivity contribution is 0.0488. The van der Waals surface area contributed by atoms with Crippen molar-refractivity contribution >= 4 is 24.3 Å². The van der Waals surface area contributed by atoms with Gasteiger partial charge in [0.2, 0.25) is 0 Å². The van der Waals surface area contributed by atoms with Crippen molar-refractivity contribution in [2.45, 2.75) is 51.7 Å². The Morgan fingerprint density at radius 3 is 2.60 bits per heavy atom. The van der Waals surface area contributed by atoms with Gasteiger partial charge in [0, 0.05) is 31.2 Å². The molecule has 0 atom stereocenters. The van der Waals surface area contributed by atoms with Crippen molar-refractivity contribution in [3.63, 3.8) is 0 Å². The Bertz CT molecular complexity index is 632. The zero-order valence-corrected chi connectivity index (χ0v) is 16.1. The van der Waals surface area contributed by atoms with Crippen LogP contribution < -0.4 is 5.32 Å². The molecule has 1 amide bonds. The molecule has 2 heterocycles. The van der Waals surface area contributed by atoms with Crippen LogP contribution in [0.4, 0.5) is 4.79 Å². The summed E-state index contributed by atoms with van der Waals surface area (Å²) in [5.74, 6) is 1.12. The molecular weight excluding hydrogens is 338 g/mol. The summed E-state index contributed by atoms with van der Waals surface area (Å²) < 4.78 is 5.34. The zero-order chi connectivity index (χ0) is 17.2. The first-order valence-electron chi connectivity index (χ1n) is 8.79. The van der Waals surface area contributed by atoms with Gasteiger partial charge in [-0.1, -0.05) is 24.3 Å². The van der Waals surface area contributed by atoms with Crippen molar-refractivity contribution in [1.29, 1.82) is 0 Å². The number of amides is 1. The smallest absolute Gasteiger partial charge is 0.407 e. The lowest BCUT2D eigenvalue weighted by Crippen LogP contribution is -2.48. The number of likely N-dealkylation sites (tertiary alicyclic amines) is 1. The molecule has 1 fully saturated rings. The monoisotopic (exact) mass is 365 g/mol. The molecule has 5 nitrogen and oxygen atoms in total. The van der Waals surface area contributed by atoms with Gasteiger partial charge in [-0.3, -0.25) is 4.99 Å². The SMILES string of the molecule is CC(C)(C)OC(=O)NC1CCN(C2=NCCc3ccccc32)CC1.Cl. The number of halogens is 1. The number of nitrogens with zero attached hydrogens (tertiary/aromatic N) is 2. The Balaban J connectivity index is 0.00000225. The summed E-state index contributed by atoms with van der Waals surface area (Å²) in [5.41, 5.74) is 2.20. The largest absolute Gasteiger partial charge is 0.444 e. The number of piperidine rings is 1. The van der Waals surface area contributed by atoms with Crippen LogP contribution in [0.5, 0.6) is 0 Å². The molecule has 0 radical (unpaired) electrons. The fourth-order valence-corrected chi connectivity index (χ4v) is 3.30. The van der Waals surface area contributed by atoms with E-state index in [1.165, 1.54) is 11.1 Å². The first-order chi connectivity index (χ1) is 11.4. The van der Waals surface area contributed by atoms with Gasteiger partial charge in [-0.15, -0.1) is 12.4 Å². The third-order valence-corrected chi connectivity index (χ3v) is 4.42. The molecule has 6 heteroatoms. The van der Waals surface area contributed by atoms with Gasteiger partial charge in [-0.2, -0.15) is 0 Å². The zero-order valence-electron chi connectivity index (χ0n) is 15.2. The number of hydrogen-bond donors (Lipinski definition) is 1. The van der Waals surface area contributed by atoms with Gasteiger partial charge in [-0.25, -0.2) is 4.79 Å². The number of carbonyl (C=O) groups is 1. The van der Waals surface area contributed by atoms with E-state index in [1.807, 2.05) is 20.8 Å². The van der Waals surface area contributed by atoms with E-state index in [-0.39, 0.29) is 24.5 Å². The van der Waals surface area contributed by atoms with Crippen LogP contribution in [0.3, 0.4) is 0 Å². The first kappa shape index (κ1) is 19.6. The summed E-state index contributed by atoms with van der Waals surface area (Å²) in [6.45, 7) is 8.33. The molecule has 0 unspecified atom stereocenters. The second-order valence-electron chi connectivity index (χ2n) is 7.52. The van der Waals surface area contributed by atoms with Crippen molar-refractivity contribution in [1.82, 2.24) is 10.2 Å². The van der Waals surface area contributed by atoms with Crippen molar-refractivity contribution in [2.24, 2.45) is 4.99 Å². The maximum absolute atomic E-state index is 11.9. The number of ether oxygens (including phenoxy) is 1. The summed E-state index contributed by atoms with van der Waals surface area (Å²) in [6.07, 6.45) is 2.54. The molecule has 1 aromatic rings. The number of alkyl carbamates (subject to hydrolysis) is 1. The Labute approximate surface area is 156 Å². The van der Waals surface area contributed by atoms with E-state index in [0.717, 1.165) is 44.7 Å². The van der Waals surface area contributed by atoms with Crippen molar-refractivity contribution in [3.8, 4) is 0 Å². The minimum Gasteiger partial charge on any atom is -0.444 e. The minimum atomic E-state index is -0.453. The highest BCUT2D eigenvalue weighted by atomic mass is 35.5. The molecule has 2 aliphatic rings. The Hall–Kier alpha value is -1.75. The predicted molar refractivity (Wildman–Crippen MR) is 103 cm³/mol. The Kier molecular flexibility index (Phi) is 6.33. The van der Waals surface area contributed by atoms with Crippen LogP contribution in [-0.2, 0) is 11.2 Å². The molecule has 3 rings (SSSR count). The van der Waals surface area contributed by atoms with E-state index in [4.69, 9.17) is 9.73 Å². The Morgan fingerprint density at radius 2 is 1.92 bits per heavy atom. The number of nitrogens with one attached hydrogen (secondary N) is 1. The summed E-state index contributed by atoms with van der Waals surface area (Å²) in [4.78, 5) is 19.0. The molecule has 138 valence electrons. The van der Waals surface area contributed by atoms with Crippen LogP contribution in [0.1, 0.15) is 44.7 Å². The summed E-state index contributed by atoms with van der Waals surface area (Å²) in [7, 11) is 0. The quantitative estimate of drug-likeness (QED) is 0.829. The highest BCUT2D eigenvalue weighted by Crippen LogP contribution is 2.21. The second-order valence-corrected chi connectivity index (χ2v) is 7.52. The predicted octanol–water partition coefficient (Wildman–Crippen LogP) is 3.40. The topological polar surface area (TPSA) is 53.9 Å². The normalized spacial score (nSPS) is 17.9. The van der Waals surface area contributed by atoms with Crippen molar-refractivity contribution in [3.05, 3.63) is 35.4 Å². The van der Waals surface area contributed by atoms with E-state index in [2.05, 4.69) is 34.5 Å². The van der Waals surface area contributed by atoms with Crippen molar-refractivity contribution in [2.75, 3.05) is 19.6 Å². The molecule has 0 aromatic heterocycles.